The van der Waals surface area contributed by atoms with Crippen LogP contribution >= 0.6 is 0 Å². The molecule has 0 aromatic heterocycles. The molecule has 6 nitrogen and oxygen atoms in total. The van der Waals surface area contributed by atoms with E-state index >= 15 is 0 Å². The second-order valence-corrected chi connectivity index (χ2v) is 6.50. The van der Waals surface area contributed by atoms with Gasteiger partial charge in [-0.05, 0) is 43.2 Å². The van der Waals surface area contributed by atoms with E-state index in [0.717, 1.165) is 11.1 Å². The number of ether oxygens (including phenoxy) is 2. The fraction of sp³-hybridized carbons (Fsp3) is 0.273. The fourth-order valence-electron chi connectivity index (χ4n) is 2.58. The van der Waals surface area contributed by atoms with Crippen LogP contribution in [0, 0.1) is 0 Å². The first kappa shape index (κ1) is 21.0. The van der Waals surface area contributed by atoms with Crippen LogP contribution in [0.25, 0.3) is 6.08 Å². The Morgan fingerprint density at radius 1 is 1.11 bits per heavy atom. The summed E-state index contributed by atoms with van der Waals surface area (Å²) >= 11 is 0. The number of hydrogen-bond acceptors (Lipinski definition) is 4. The van der Waals surface area contributed by atoms with Crippen LogP contribution in [-0.2, 0) is 16.0 Å². The number of carboxylic acid groups (broad SMARTS) is 1. The molecule has 148 valence electrons. The molecule has 6 heteroatoms. The normalized spacial score (nSPS) is 12.0. The Kier molecular flexibility index (Phi) is 7.63. The number of amides is 1. The van der Waals surface area contributed by atoms with Crippen LogP contribution in [0.1, 0.15) is 25.0 Å². The molecule has 0 fully saturated rings. The molecule has 0 saturated heterocycles. The first-order valence-corrected chi connectivity index (χ1v) is 8.99. The van der Waals surface area contributed by atoms with Crippen LogP contribution in [0.2, 0.25) is 0 Å². The van der Waals surface area contributed by atoms with Crippen LogP contribution in [0.5, 0.6) is 11.5 Å². The quantitative estimate of drug-likeness (QED) is 0.649. The number of carbonyl (C=O) groups excluding carboxylic acids is 1. The summed E-state index contributed by atoms with van der Waals surface area (Å²) in [6.07, 6.45) is 3.13. The molecule has 0 heterocycles. The second kappa shape index (κ2) is 10.2. The van der Waals surface area contributed by atoms with Crippen LogP contribution in [0.3, 0.4) is 0 Å². The summed E-state index contributed by atoms with van der Waals surface area (Å²) in [6.45, 7) is 3.85. The Labute approximate surface area is 164 Å². The first-order valence-electron chi connectivity index (χ1n) is 8.99. The monoisotopic (exact) mass is 383 g/mol. The van der Waals surface area contributed by atoms with Gasteiger partial charge in [-0.25, -0.2) is 4.79 Å². The molecule has 0 saturated carbocycles. The van der Waals surface area contributed by atoms with Crippen molar-refractivity contribution in [3.05, 3.63) is 65.7 Å². The Morgan fingerprint density at radius 2 is 1.82 bits per heavy atom. The highest BCUT2D eigenvalue weighted by Gasteiger charge is 2.19. The topological polar surface area (TPSA) is 84.9 Å². The fourth-order valence-corrected chi connectivity index (χ4v) is 2.58. The Hall–Kier alpha value is -3.28. The lowest BCUT2D eigenvalue weighted by molar-refractivity contribution is -0.141. The van der Waals surface area contributed by atoms with Gasteiger partial charge in [0.2, 0.25) is 5.91 Å². The van der Waals surface area contributed by atoms with Gasteiger partial charge in [0.05, 0.1) is 13.2 Å². The molecule has 28 heavy (non-hydrogen) atoms. The van der Waals surface area contributed by atoms with Gasteiger partial charge in [-0.3, -0.25) is 4.79 Å². The summed E-state index contributed by atoms with van der Waals surface area (Å²) in [5.41, 5.74) is 1.57. The molecule has 2 N–H and O–H groups in total. The van der Waals surface area contributed by atoms with Gasteiger partial charge in [0, 0.05) is 12.5 Å². The molecule has 1 atom stereocenters. The lowest BCUT2D eigenvalue weighted by Gasteiger charge is -2.14. The standard InChI is InChI=1S/C22H25NO5/c1-15(2)28-19-11-9-17(14-20(19)27-3)10-12-21(24)23-18(22(25)26)13-16-7-5-4-6-8-16/h4-12,14-15,18H,13H2,1-3H3,(H,23,24)(H,25,26)/b12-10+/t18-/m0/s1. The Morgan fingerprint density at radius 3 is 2.43 bits per heavy atom. The van der Waals surface area contributed by atoms with E-state index in [-0.39, 0.29) is 12.5 Å². The van der Waals surface area contributed by atoms with E-state index in [1.807, 2.05) is 44.2 Å². The van der Waals surface area contributed by atoms with E-state index in [4.69, 9.17) is 9.47 Å². The molecule has 2 aromatic rings. The summed E-state index contributed by atoms with van der Waals surface area (Å²) in [6, 6.07) is 13.5. The van der Waals surface area contributed by atoms with Gasteiger partial charge < -0.3 is 19.9 Å². The summed E-state index contributed by atoms with van der Waals surface area (Å²) in [5.74, 6) is -0.385. The second-order valence-electron chi connectivity index (χ2n) is 6.50. The van der Waals surface area contributed by atoms with E-state index < -0.39 is 17.9 Å². The number of carboxylic acids is 1. The smallest absolute Gasteiger partial charge is 0.326 e. The molecule has 0 radical (unpaired) electrons. The Bertz CT molecular complexity index is 830. The predicted molar refractivity (Wildman–Crippen MR) is 108 cm³/mol. The summed E-state index contributed by atoms with van der Waals surface area (Å²) in [5, 5.41) is 11.9. The van der Waals surface area contributed by atoms with Crippen LogP contribution in [-0.4, -0.2) is 36.2 Å². The lowest BCUT2D eigenvalue weighted by atomic mass is 10.1. The molecule has 1 amide bonds. The first-order chi connectivity index (χ1) is 13.4. The highest BCUT2D eigenvalue weighted by molar-refractivity contribution is 5.94. The van der Waals surface area contributed by atoms with Crippen LogP contribution in [0.15, 0.2) is 54.6 Å². The van der Waals surface area contributed by atoms with Crippen molar-refractivity contribution in [3.63, 3.8) is 0 Å². The number of aliphatic carboxylic acids is 1. The molecule has 0 aliphatic carbocycles. The van der Waals surface area contributed by atoms with Crippen molar-refractivity contribution in [2.75, 3.05) is 7.11 Å². The highest BCUT2D eigenvalue weighted by Crippen LogP contribution is 2.29. The van der Waals surface area contributed by atoms with Gasteiger partial charge in [-0.1, -0.05) is 36.4 Å². The molecule has 0 bridgehead atoms. The van der Waals surface area contributed by atoms with Gasteiger partial charge in [0.15, 0.2) is 11.5 Å². The number of nitrogens with one attached hydrogen (secondary N) is 1. The zero-order valence-corrected chi connectivity index (χ0v) is 16.2. The maximum Gasteiger partial charge on any atom is 0.326 e. The number of hydrogen-bond donors (Lipinski definition) is 2. The van der Waals surface area contributed by atoms with E-state index in [0.29, 0.717) is 11.5 Å². The molecular weight excluding hydrogens is 358 g/mol. The number of rotatable bonds is 9. The van der Waals surface area contributed by atoms with Crippen molar-refractivity contribution >= 4 is 18.0 Å². The third-order valence-corrected chi connectivity index (χ3v) is 3.87. The van der Waals surface area contributed by atoms with Crippen molar-refractivity contribution < 1.29 is 24.2 Å². The third-order valence-electron chi connectivity index (χ3n) is 3.87. The number of benzene rings is 2. The van der Waals surface area contributed by atoms with E-state index in [1.165, 1.54) is 6.08 Å². The molecule has 0 aliphatic heterocycles. The van der Waals surface area contributed by atoms with Gasteiger partial charge in [-0.2, -0.15) is 0 Å². The van der Waals surface area contributed by atoms with Crippen molar-refractivity contribution in [3.8, 4) is 11.5 Å². The molecular formula is C22H25NO5. The minimum Gasteiger partial charge on any atom is -0.493 e. The van der Waals surface area contributed by atoms with Crippen molar-refractivity contribution in [1.82, 2.24) is 5.32 Å². The zero-order chi connectivity index (χ0) is 20.5. The summed E-state index contributed by atoms with van der Waals surface area (Å²) < 4.78 is 11.0. The molecule has 2 aromatic carbocycles. The van der Waals surface area contributed by atoms with Gasteiger partial charge in [0.1, 0.15) is 6.04 Å². The average Bonchev–Trinajstić information content (AvgIpc) is 2.67. The molecule has 0 aliphatic rings. The summed E-state index contributed by atoms with van der Waals surface area (Å²) in [4.78, 5) is 23.6. The number of carbonyl (C=O) groups is 2. The number of methoxy groups -OCH3 is 1. The predicted octanol–water partition coefficient (Wildman–Crippen LogP) is 3.31. The van der Waals surface area contributed by atoms with Crippen molar-refractivity contribution in [2.24, 2.45) is 0 Å². The lowest BCUT2D eigenvalue weighted by Crippen LogP contribution is -2.41. The molecule has 2 rings (SSSR count). The van der Waals surface area contributed by atoms with E-state index in [2.05, 4.69) is 5.32 Å². The minimum absolute atomic E-state index is 0.0126. The van der Waals surface area contributed by atoms with Crippen molar-refractivity contribution in [1.29, 1.82) is 0 Å². The molecule has 0 spiro atoms. The Balaban J connectivity index is 2.04. The summed E-state index contributed by atoms with van der Waals surface area (Å²) in [7, 11) is 1.55. The van der Waals surface area contributed by atoms with E-state index in [9.17, 15) is 14.7 Å². The average molecular weight is 383 g/mol. The molecule has 0 unspecified atom stereocenters. The highest BCUT2D eigenvalue weighted by atomic mass is 16.5. The van der Waals surface area contributed by atoms with Gasteiger partial charge >= 0.3 is 5.97 Å². The van der Waals surface area contributed by atoms with E-state index in [1.54, 1.807) is 31.4 Å². The van der Waals surface area contributed by atoms with Crippen LogP contribution in [0.4, 0.5) is 0 Å². The van der Waals surface area contributed by atoms with Gasteiger partial charge in [-0.15, -0.1) is 0 Å². The SMILES string of the molecule is COc1cc(/C=C/C(=O)N[C@@H](Cc2ccccc2)C(=O)O)ccc1OC(C)C. The maximum absolute atomic E-state index is 12.2. The van der Waals surface area contributed by atoms with Crippen molar-refractivity contribution in [2.45, 2.75) is 32.4 Å². The minimum atomic E-state index is -1.08. The van der Waals surface area contributed by atoms with Crippen LogP contribution < -0.4 is 14.8 Å². The largest absolute Gasteiger partial charge is 0.493 e. The zero-order valence-electron chi connectivity index (χ0n) is 16.2. The maximum atomic E-state index is 12.2. The van der Waals surface area contributed by atoms with Gasteiger partial charge in [0.25, 0.3) is 0 Å². The third kappa shape index (κ3) is 6.46.